The van der Waals surface area contributed by atoms with Gasteiger partial charge in [0.05, 0.1) is 23.7 Å². The van der Waals surface area contributed by atoms with Crippen LogP contribution in [0.2, 0.25) is 0 Å². The van der Waals surface area contributed by atoms with Crippen LogP contribution in [-0.2, 0) is 45.5 Å². The molecule has 1 aromatic heterocycles. The Morgan fingerprint density at radius 2 is 1.62 bits per heavy atom. The SMILES string of the molecule is CCCc1nc(CC)c(C(=O)OCc2ccccc2Sc2ccccc2)n1Cc1ccc(-c2ccccc2S(=O)(=O)NC(=O)OCCC(C)C)cc1F. The van der Waals surface area contributed by atoms with Crippen LogP contribution in [-0.4, -0.2) is 36.6 Å². The fourth-order valence-corrected chi connectivity index (χ4v) is 7.77. The lowest BCUT2D eigenvalue weighted by Gasteiger charge is -2.15. The molecule has 0 aliphatic rings. The normalized spacial score (nSPS) is 11.4. The van der Waals surface area contributed by atoms with Crippen LogP contribution in [0.3, 0.4) is 0 Å². The topological polar surface area (TPSA) is 117 Å². The average Bonchev–Trinajstić information content (AvgIpc) is 3.48. The van der Waals surface area contributed by atoms with Gasteiger partial charge in [0.25, 0.3) is 10.0 Å². The number of hydrogen-bond acceptors (Lipinski definition) is 8. The lowest BCUT2D eigenvalue weighted by atomic mass is 10.0. The van der Waals surface area contributed by atoms with Gasteiger partial charge in [-0.3, -0.25) is 0 Å². The lowest BCUT2D eigenvalue weighted by Crippen LogP contribution is -2.31. The smallest absolute Gasteiger partial charge is 0.421 e. The first-order valence-electron chi connectivity index (χ1n) is 17.6. The van der Waals surface area contributed by atoms with Gasteiger partial charge in [0.15, 0.2) is 5.69 Å². The summed E-state index contributed by atoms with van der Waals surface area (Å²) in [5.41, 5.74) is 2.47. The van der Waals surface area contributed by atoms with Crippen LogP contribution in [0.1, 0.15) is 73.7 Å². The molecule has 0 aliphatic carbocycles. The predicted molar refractivity (Wildman–Crippen MR) is 204 cm³/mol. The van der Waals surface area contributed by atoms with E-state index < -0.39 is 27.9 Å². The van der Waals surface area contributed by atoms with E-state index in [0.29, 0.717) is 36.3 Å². The van der Waals surface area contributed by atoms with Crippen LogP contribution < -0.4 is 4.72 Å². The number of halogens is 1. The van der Waals surface area contributed by atoms with Crippen molar-refractivity contribution in [3.05, 3.63) is 131 Å². The van der Waals surface area contributed by atoms with E-state index in [-0.39, 0.29) is 47.4 Å². The van der Waals surface area contributed by atoms with Gasteiger partial charge in [-0.15, -0.1) is 0 Å². The second kappa shape index (κ2) is 18.2. The van der Waals surface area contributed by atoms with Gasteiger partial charge >= 0.3 is 12.1 Å². The minimum absolute atomic E-state index is 0.00302. The maximum atomic E-state index is 16.0. The Bertz CT molecular complexity index is 2150. The number of ether oxygens (including phenoxy) is 2. The zero-order valence-corrected chi connectivity index (χ0v) is 31.9. The molecule has 0 fully saturated rings. The van der Waals surface area contributed by atoms with Crippen LogP contribution >= 0.6 is 11.8 Å². The number of rotatable bonds is 16. The monoisotopic (exact) mass is 757 g/mol. The number of hydrogen-bond donors (Lipinski definition) is 1. The quantitative estimate of drug-likeness (QED) is 0.0991. The van der Waals surface area contributed by atoms with Crippen molar-refractivity contribution in [1.29, 1.82) is 0 Å². The zero-order valence-electron chi connectivity index (χ0n) is 30.3. The third kappa shape index (κ3) is 10.1. The van der Waals surface area contributed by atoms with Crippen molar-refractivity contribution in [3.8, 4) is 11.1 Å². The molecule has 5 rings (SSSR count). The number of carbonyl (C=O) groups is 2. The molecule has 1 heterocycles. The van der Waals surface area contributed by atoms with Gasteiger partial charge in [-0.25, -0.2) is 32.1 Å². The molecule has 0 spiro atoms. The van der Waals surface area contributed by atoms with E-state index in [1.54, 1.807) is 40.6 Å². The number of aryl methyl sites for hydroxylation is 2. The standard InChI is InChI=1S/C41H44FN3O6S2/c1-5-14-38-43-35(6-2)39(40(46)51-27-31-15-10-12-19-36(31)52-32-16-8-7-9-17-32)45(38)26-30-22-21-29(25-34(30)42)33-18-11-13-20-37(33)53(48,49)44-41(47)50-24-23-28(3)4/h7-13,15-22,25,28H,5-6,14,23-24,26-27H2,1-4H3,(H,44,47). The summed E-state index contributed by atoms with van der Waals surface area (Å²) < 4.78 is 57.1. The van der Waals surface area contributed by atoms with Gasteiger partial charge in [0, 0.05) is 32.9 Å². The minimum Gasteiger partial charge on any atom is -0.456 e. The predicted octanol–water partition coefficient (Wildman–Crippen LogP) is 9.22. The van der Waals surface area contributed by atoms with E-state index in [1.807, 2.05) is 87.0 Å². The number of benzene rings is 4. The maximum absolute atomic E-state index is 16.0. The van der Waals surface area contributed by atoms with Crippen molar-refractivity contribution in [2.45, 2.75) is 81.2 Å². The van der Waals surface area contributed by atoms with Gasteiger partial charge in [0.2, 0.25) is 0 Å². The van der Waals surface area contributed by atoms with Gasteiger partial charge in [-0.2, -0.15) is 0 Å². The number of amides is 1. The van der Waals surface area contributed by atoms with Crippen LogP contribution in [0.15, 0.2) is 112 Å². The third-order valence-corrected chi connectivity index (χ3v) is 10.9. The molecule has 0 unspecified atom stereocenters. The summed E-state index contributed by atoms with van der Waals surface area (Å²) in [6.45, 7) is 7.96. The summed E-state index contributed by atoms with van der Waals surface area (Å²) >= 11 is 1.59. The largest absolute Gasteiger partial charge is 0.456 e. The molecule has 53 heavy (non-hydrogen) atoms. The molecule has 278 valence electrons. The van der Waals surface area contributed by atoms with Crippen molar-refractivity contribution in [1.82, 2.24) is 14.3 Å². The number of esters is 1. The first-order chi connectivity index (χ1) is 25.5. The molecule has 1 N–H and O–H groups in total. The first-order valence-corrected chi connectivity index (χ1v) is 19.9. The fourth-order valence-electron chi connectivity index (χ4n) is 5.70. The van der Waals surface area contributed by atoms with Gasteiger partial charge in [-0.1, -0.05) is 106 Å². The Labute approximate surface area is 315 Å². The Hall–Kier alpha value is -4.94. The number of aromatic nitrogens is 2. The summed E-state index contributed by atoms with van der Waals surface area (Å²) in [4.78, 5) is 32.7. The molecule has 0 atom stereocenters. The first kappa shape index (κ1) is 39.3. The summed E-state index contributed by atoms with van der Waals surface area (Å²) in [7, 11) is -4.34. The highest BCUT2D eigenvalue weighted by Crippen LogP contribution is 2.32. The Kier molecular flexibility index (Phi) is 13.5. The van der Waals surface area contributed by atoms with Gasteiger partial charge in [0.1, 0.15) is 18.2 Å². The summed E-state index contributed by atoms with van der Waals surface area (Å²) in [5.74, 6) is -0.238. The van der Waals surface area contributed by atoms with Gasteiger partial charge in [-0.05, 0) is 61.1 Å². The Morgan fingerprint density at radius 1 is 0.906 bits per heavy atom. The zero-order chi connectivity index (χ0) is 38.0. The molecule has 0 bridgehead atoms. The summed E-state index contributed by atoms with van der Waals surface area (Å²) in [6, 6.07) is 28.2. The van der Waals surface area contributed by atoms with E-state index in [2.05, 4.69) is 0 Å². The molecule has 9 nitrogen and oxygen atoms in total. The molecular formula is C41H44FN3O6S2. The molecule has 1 amide bonds. The van der Waals surface area contributed by atoms with E-state index in [4.69, 9.17) is 14.5 Å². The minimum atomic E-state index is -4.34. The second-order valence-corrected chi connectivity index (χ2v) is 15.6. The number of nitrogens with zero attached hydrogens (tertiary/aromatic N) is 2. The molecule has 0 aliphatic heterocycles. The maximum Gasteiger partial charge on any atom is 0.421 e. The highest BCUT2D eigenvalue weighted by Gasteiger charge is 2.26. The summed E-state index contributed by atoms with van der Waals surface area (Å²) in [6.07, 6.45) is 1.29. The fraction of sp³-hybridized carbons (Fsp3) is 0.293. The number of nitrogens with one attached hydrogen (secondary N) is 1. The van der Waals surface area contributed by atoms with Crippen molar-refractivity contribution in [2.24, 2.45) is 5.92 Å². The third-order valence-electron chi connectivity index (χ3n) is 8.44. The Balaban J connectivity index is 1.39. The summed E-state index contributed by atoms with van der Waals surface area (Å²) in [5, 5.41) is 0. The van der Waals surface area contributed by atoms with Crippen molar-refractivity contribution in [3.63, 3.8) is 0 Å². The van der Waals surface area contributed by atoms with E-state index in [9.17, 15) is 18.0 Å². The van der Waals surface area contributed by atoms with E-state index >= 15 is 4.39 Å². The van der Waals surface area contributed by atoms with Crippen LogP contribution in [0.4, 0.5) is 9.18 Å². The molecule has 4 aromatic carbocycles. The lowest BCUT2D eigenvalue weighted by molar-refractivity contribution is 0.0455. The van der Waals surface area contributed by atoms with E-state index in [1.165, 1.54) is 18.2 Å². The highest BCUT2D eigenvalue weighted by molar-refractivity contribution is 7.99. The van der Waals surface area contributed by atoms with Crippen LogP contribution in [0.25, 0.3) is 11.1 Å². The van der Waals surface area contributed by atoms with Crippen molar-refractivity contribution >= 4 is 33.8 Å². The molecule has 0 saturated heterocycles. The molecule has 0 radical (unpaired) electrons. The van der Waals surface area contributed by atoms with Crippen LogP contribution in [0.5, 0.6) is 0 Å². The number of sulfonamides is 1. The van der Waals surface area contributed by atoms with E-state index in [0.717, 1.165) is 21.8 Å². The van der Waals surface area contributed by atoms with Crippen LogP contribution in [0, 0.1) is 11.7 Å². The molecule has 0 saturated carbocycles. The molecule has 12 heteroatoms. The highest BCUT2D eigenvalue weighted by atomic mass is 32.2. The molecular weight excluding hydrogens is 714 g/mol. The second-order valence-electron chi connectivity index (χ2n) is 12.8. The van der Waals surface area contributed by atoms with Crippen molar-refractivity contribution in [2.75, 3.05) is 6.61 Å². The number of carbonyl (C=O) groups excluding carboxylic acids is 2. The molecule has 5 aromatic rings. The number of imidazole rings is 1. The Morgan fingerprint density at radius 3 is 2.34 bits per heavy atom. The van der Waals surface area contributed by atoms with Crippen molar-refractivity contribution < 1.29 is 31.9 Å². The van der Waals surface area contributed by atoms with Gasteiger partial charge < -0.3 is 14.0 Å². The average molecular weight is 758 g/mol.